The van der Waals surface area contributed by atoms with Gasteiger partial charge >= 0.3 is 0 Å². The standard InChI is InChI=1S/C23H21ClN4O.ClH/c1-2-19(16-7-4-3-5-8-16)27-23(29)17-10-11-22-20(13-17)26-15-28(22)14-21-18(24)9-6-12-25-21;/h3-13,15,19H,2,14H2,1H3,(H,27,29);1H. The summed E-state index contributed by atoms with van der Waals surface area (Å²) < 4.78 is 1.98. The van der Waals surface area contributed by atoms with Gasteiger partial charge in [0, 0.05) is 11.8 Å². The fraction of sp³-hybridized carbons (Fsp3) is 0.174. The Morgan fingerprint density at radius 2 is 1.90 bits per heavy atom. The number of hydrogen-bond donors (Lipinski definition) is 1. The molecule has 0 spiro atoms. The Labute approximate surface area is 186 Å². The Morgan fingerprint density at radius 3 is 2.63 bits per heavy atom. The van der Waals surface area contributed by atoms with Crippen molar-refractivity contribution in [3.05, 3.63) is 95.0 Å². The van der Waals surface area contributed by atoms with Crippen molar-refractivity contribution in [2.24, 2.45) is 0 Å². The van der Waals surface area contributed by atoms with Crippen LogP contribution in [0.4, 0.5) is 0 Å². The molecule has 1 amide bonds. The average molecular weight is 441 g/mol. The lowest BCUT2D eigenvalue weighted by molar-refractivity contribution is 0.0935. The zero-order valence-corrected chi connectivity index (χ0v) is 18.0. The van der Waals surface area contributed by atoms with Crippen molar-refractivity contribution in [2.75, 3.05) is 0 Å². The lowest BCUT2D eigenvalue weighted by atomic mass is 10.0. The van der Waals surface area contributed by atoms with Crippen LogP contribution >= 0.6 is 24.0 Å². The number of nitrogens with one attached hydrogen (secondary N) is 1. The Balaban J connectivity index is 0.00000256. The molecule has 7 heteroatoms. The number of halogens is 2. The van der Waals surface area contributed by atoms with Crippen LogP contribution < -0.4 is 5.32 Å². The molecule has 4 rings (SSSR count). The summed E-state index contributed by atoms with van der Waals surface area (Å²) in [7, 11) is 0. The number of rotatable bonds is 6. The highest BCUT2D eigenvalue weighted by Crippen LogP contribution is 2.21. The van der Waals surface area contributed by atoms with Crippen molar-refractivity contribution < 1.29 is 4.79 Å². The molecule has 1 atom stereocenters. The Bertz CT molecular complexity index is 1140. The molecule has 0 fully saturated rings. The zero-order chi connectivity index (χ0) is 20.2. The van der Waals surface area contributed by atoms with Crippen LogP contribution in [0.5, 0.6) is 0 Å². The van der Waals surface area contributed by atoms with Crippen LogP contribution in [0.2, 0.25) is 5.02 Å². The second-order valence-electron chi connectivity index (χ2n) is 6.85. The minimum Gasteiger partial charge on any atom is -0.345 e. The molecule has 0 saturated carbocycles. The SMILES string of the molecule is CCC(NC(=O)c1ccc2c(c1)ncn2Cc1ncccc1Cl)c1ccccc1.Cl. The minimum atomic E-state index is -0.107. The first kappa shape index (κ1) is 21.8. The summed E-state index contributed by atoms with van der Waals surface area (Å²) in [6.45, 7) is 2.58. The second-order valence-corrected chi connectivity index (χ2v) is 7.26. The topological polar surface area (TPSA) is 59.8 Å². The van der Waals surface area contributed by atoms with Crippen LogP contribution in [0, 0.1) is 0 Å². The van der Waals surface area contributed by atoms with E-state index in [2.05, 4.69) is 22.2 Å². The molecule has 4 aromatic rings. The normalized spacial score (nSPS) is 11.7. The zero-order valence-electron chi connectivity index (χ0n) is 16.5. The maximum atomic E-state index is 12.8. The van der Waals surface area contributed by atoms with E-state index in [9.17, 15) is 4.79 Å². The molecule has 154 valence electrons. The fourth-order valence-electron chi connectivity index (χ4n) is 3.38. The predicted octanol–water partition coefficient (Wildman–Crippen LogP) is 5.44. The molecular formula is C23H22Cl2N4O. The van der Waals surface area contributed by atoms with E-state index in [0.717, 1.165) is 28.7 Å². The fourth-order valence-corrected chi connectivity index (χ4v) is 3.56. The first-order valence-electron chi connectivity index (χ1n) is 9.56. The molecule has 0 bridgehead atoms. The molecule has 5 nitrogen and oxygen atoms in total. The van der Waals surface area contributed by atoms with Gasteiger partial charge in [-0.2, -0.15) is 0 Å². The Kier molecular flexibility index (Phi) is 7.08. The lowest BCUT2D eigenvalue weighted by Crippen LogP contribution is -2.28. The monoisotopic (exact) mass is 440 g/mol. The van der Waals surface area contributed by atoms with Crippen molar-refractivity contribution in [3.63, 3.8) is 0 Å². The summed E-state index contributed by atoms with van der Waals surface area (Å²) in [4.78, 5) is 21.6. The van der Waals surface area contributed by atoms with Gasteiger partial charge in [0.05, 0.1) is 40.7 Å². The Morgan fingerprint density at radius 1 is 1.10 bits per heavy atom. The quantitative estimate of drug-likeness (QED) is 0.434. The van der Waals surface area contributed by atoms with Crippen LogP contribution in [0.1, 0.15) is 41.0 Å². The maximum absolute atomic E-state index is 12.8. The van der Waals surface area contributed by atoms with Crippen LogP contribution in [-0.2, 0) is 6.54 Å². The third-order valence-electron chi connectivity index (χ3n) is 4.95. The van der Waals surface area contributed by atoms with E-state index < -0.39 is 0 Å². The molecule has 30 heavy (non-hydrogen) atoms. The van der Waals surface area contributed by atoms with Gasteiger partial charge in [-0.25, -0.2) is 4.98 Å². The molecular weight excluding hydrogens is 419 g/mol. The molecule has 0 aliphatic rings. The number of nitrogens with zero attached hydrogens (tertiary/aromatic N) is 3. The third kappa shape index (κ3) is 4.64. The molecule has 2 aromatic carbocycles. The summed E-state index contributed by atoms with van der Waals surface area (Å²) in [6, 6.07) is 19.2. The van der Waals surface area contributed by atoms with E-state index >= 15 is 0 Å². The number of imidazole rings is 1. The Hall–Kier alpha value is -2.89. The predicted molar refractivity (Wildman–Crippen MR) is 122 cm³/mol. The van der Waals surface area contributed by atoms with Gasteiger partial charge in [-0.05, 0) is 42.3 Å². The van der Waals surface area contributed by atoms with Crippen LogP contribution in [-0.4, -0.2) is 20.4 Å². The van der Waals surface area contributed by atoms with E-state index in [0.29, 0.717) is 17.1 Å². The van der Waals surface area contributed by atoms with Crippen molar-refractivity contribution in [3.8, 4) is 0 Å². The van der Waals surface area contributed by atoms with Gasteiger partial charge in [-0.15, -0.1) is 12.4 Å². The second kappa shape index (κ2) is 9.74. The molecule has 2 heterocycles. The molecule has 0 radical (unpaired) electrons. The first-order valence-corrected chi connectivity index (χ1v) is 9.93. The third-order valence-corrected chi connectivity index (χ3v) is 5.30. The number of carbonyl (C=O) groups excluding carboxylic acids is 1. The van der Waals surface area contributed by atoms with Crippen molar-refractivity contribution in [2.45, 2.75) is 25.9 Å². The highest BCUT2D eigenvalue weighted by molar-refractivity contribution is 6.31. The first-order chi connectivity index (χ1) is 14.2. The van der Waals surface area contributed by atoms with Gasteiger partial charge in [0.2, 0.25) is 0 Å². The van der Waals surface area contributed by atoms with Crippen LogP contribution in [0.15, 0.2) is 73.2 Å². The van der Waals surface area contributed by atoms with E-state index in [1.54, 1.807) is 12.5 Å². The molecule has 0 saturated heterocycles. The van der Waals surface area contributed by atoms with E-state index in [-0.39, 0.29) is 24.4 Å². The van der Waals surface area contributed by atoms with Crippen molar-refractivity contribution in [1.29, 1.82) is 0 Å². The summed E-state index contributed by atoms with van der Waals surface area (Å²) in [5, 5.41) is 3.74. The smallest absolute Gasteiger partial charge is 0.251 e. The van der Waals surface area contributed by atoms with Gasteiger partial charge in [0.1, 0.15) is 0 Å². The van der Waals surface area contributed by atoms with Crippen LogP contribution in [0.25, 0.3) is 11.0 Å². The van der Waals surface area contributed by atoms with Crippen LogP contribution in [0.3, 0.4) is 0 Å². The number of carbonyl (C=O) groups is 1. The highest BCUT2D eigenvalue weighted by atomic mass is 35.5. The van der Waals surface area contributed by atoms with Crippen molar-refractivity contribution >= 4 is 40.9 Å². The van der Waals surface area contributed by atoms with Gasteiger partial charge < -0.3 is 9.88 Å². The van der Waals surface area contributed by atoms with E-state index in [1.165, 1.54) is 0 Å². The van der Waals surface area contributed by atoms with Gasteiger partial charge in [-0.3, -0.25) is 9.78 Å². The average Bonchev–Trinajstić information content (AvgIpc) is 3.16. The number of aromatic nitrogens is 3. The van der Waals surface area contributed by atoms with E-state index in [4.69, 9.17) is 11.6 Å². The van der Waals surface area contributed by atoms with Gasteiger partial charge in [0.15, 0.2) is 0 Å². The summed E-state index contributed by atoms with van der Waals surface area (Å²) in [5.41, 5.74) is 4.16. The van der Waals surface area contributed by atoms with Gasteiger partial charge in [0.25, 0.3) is 5.91 Å². The molecule has 1 N–H and O–H groups in total. The summed E-state index contributed by atoms with van der Waals surface area (Å²) in [5.74, 6) is -0.107. The summed E-state index contributed by atoms with van der Waals surface area (Å²) >= 11 is 6.22. The number of benzene rings is 2. The van der Waals surface area contributed by atoms with Crippen molar-refractivity contribution in [1.82, 2.24) is 19.9 Å². The number of fused-ring (bicyclic) bond motifs is 1. The van der Waals surface area contributed by atoms with Gasteiger partial charge in [-0.1, -0.05) is 48.9 Å². The molecule has 0 aliphatic carbocycles. The highest BCUT2D eigenvalue weighted by Gasteiger charge is 2.15. The maximum Gasteiger partial charge on any atom is 0.251 e. The molecule has 0 aliphatic heterocycles. The number of hydrogen-bond acceptors (Lipinski definition) is 3. The molecule has 1 unspecified atom stereocenters. The lowest BCUT2D eigenvalue weighted by Gasteiger charge is -2.17. The minimum absolute atomic E-state index is 0. The van der Waals surface area contributed by atoms with E-state index in [1.807, 2.05) is 65.2 Å². The largest absolute Gasteiger partial charge is 0.345 e. The number of amides is 1. The summed E-state index contributed by atoms with van der Waals surface area (Å²) in [6.07, 6.45) is 4.29. The number of pyridine rings is 1. The molecule has 2 aromatic heterocycles.